The molecule has 21 heteroatoms. The third kappa shape index (κ3) is 8.59. The van der Waals surface area contributed by atoms with Gasteiger partial charge in [-0.25, -0.2) is 9.59 Å². The average molecular weight is 847 g/mol. The number of methoxy groups -OCH3 is 3. The Kier molecular flexibility index (Phi) is 12.7. The summed E-state index contributed by atoms with van der Waals surface area (Å²) in [6.45, 7) is 6.54. The Morgan fingerprint density at radius 1 is 0.633 bits per heavy atom. The van der Waals surface area contributed by atoms with Gasteiger partial charge in [-0.1, -0.05) is 0 Å². The summed E-state index contributed by atoms with van der Waals surface area (Å²) < 4.78 is 80.3. The minimum absolute atomic E-state index is 0.0153. The molecule has 2 aromatic heterocycles. The zero-order valence-corrected chi connectivity index (χ0v) is 33.8. The molecule has 0 radical (unpaired) electrons. The van der Waals surface area contributed by atoms with E-state index in [0.717, 1.165) is 34.6 Å². The molecule has 0 N–H and O–H groups in total. The Morgan fingerprint density at radius 2 is 1.13 bits per heavy atom. The lowest BCUT2D eigenvalue weighted by Crippen LogP contribution is -2.63. The van der Waals surface area contributed by atoms with Crippen LogP contribution in [0, 0.1) is 0 Å². The van der Waals surface area contributed by atoms with Crippen molar-refractivity contribution in [3.05, 3.63) is 33.0 Å². The van der Waals surface area contributed by atoms with Gasteiger partial charge in [-0.05, 0) is 19.1 Å². The number of carbonyl (C=O) groups is 5. The van der Waals surface area contributed by atoms with Crippen LogP contribution in [0.1, 0.15) is 48.0 Å². The molecule has 0 amide bonds. The van der Waals surface area contributed by atoms with E-state index in [-0.39, 0.29) is 62.1 Å². The molecule has 324 valence electrons. The van der Waals surface area contributed by atoms with E-state index >= 15 is 0 Å². The van der Waals surface area contributed by atoms with Crippen molar-refractivity contribution in [2.24, 2.45) is 0 Å². The largest absolute Gasteiger partial charge is 0.493 e. The SMILES string of the molecule is COc1cc2c(=O)oc3c(OC)c(OC4CC(OC5OC(C)C(OC(C)=O)C(OC(C)=O)C5OC(C)=O)C(OC(C)=O)C(COC(C)=O)O4)cc4c(=O)oc(c1OC)c2c34. The molecular weight excluding hydrogens is 804 g/mol. The van der Waals surface area contributed by atoms with Gasteiger partial charge in [0.15, 0.2) is 53.4 Å². The second kappa shape index (κ2) is 17.6. The van der Waals surface area contributed by atoms with Crippen LogP contribution in [0.15, 0.2) is 30.6 Å². The first-order valence-electron chi connectivity index (χ1n) is 18.4. The summed E-state index contributed by atoms with van der Waals surface area (Å²) in [6, 6.07) is 2.66. The van der Waals surface area contributed by atoms with E-state index in [0.29, 0.717) is 0 Å². The van der Waals surface area contributed by atoms with Crippen LogP contribution in [-0.4, -0.2) is 113 Å². The van der Waals surface area contributed by atoms with Crippen molar-refractivity contribution in [3.63, 3.8) is 0 Å². The Labute approximate surface area is 339 Å². The lowest BCUT2D eigenvalue weighted by Gasteiger charge is -2.46. The van der Waals surface area contributed by atoms with Crippen molar-refractivity contribution in [2.45, 2.75) is 103 Å². The summed E-state index contributed by atoms with van der Waals surface area (Å²) in [7, 11) is 3.94. The Morgan fingerprint density at radius 3 is 1.65 bits per heavy atom. The van der Waals surface area contributed by atoms with Crippen molar-refractivity contribution in [1.29, 1.82) is 0 Å². The Balaban J connectivity index is 1.44. The van der Waals surface area contributed by atoms with E-state index in [9.17, 15) is 33.6 Å². The van der Waals surface area contributed by atoms with Gasteiger partial charge < -0.3 is 65.7 Å². The van der Waals surface area contributed by atoms with Gasteiger partial charge in [0, 0.05) is 51.8 Å². The van der Waals surface area contributed by atoms with E-state index in [2.05, 4.69) is 0 Å². The normalized spacial score (nSPS) is 25.3. The van der Waals surface area contributed by atoms with Crippen LogP contribution in [0.3, 0.4) is 0 Å². The van der Waals surface area contributed by atoms with Crippen LogP contribution < -0.4 is 30.2 Å². The standard InChI is InChI=1S/C39H42O21/c1-14-29(52-16(3)41)35(54-18(5)43)36(55-19(6)44)39(51-14)58-24-12-26(57-25(13-50-15(2)40)30(24)53-17(4)42)56-23-11-21-28-27-20(37(45)60-34(28)32(23)49-9)10-22(47-7)31(48-8)33(27)59-38(21)46/h10-11,14,24-26,29-30,35-36,39H,12-13H2,1-9H3. The summed E-state index contributed by atoms with van der Waals surface area (Å²) in [5, 5.41) is 0.239. The number of rotatable bonds is 13. The molecule has 60 heavy (non-hydrogen) atoms. The molecule has 2 fully saturated rings. The molecule has 9 atom stereocenters. The molecular formula is C39H42O21. The van der Waals surface area contributed by atoms with Crippen LogP contribution in [0.4, 0.5) is 0 Å². The highest BCUT2D eigenvalue weighted by atomic mass is 16.8. The van der Waals surface area contributed by atoms with E-state index in [1.165, 1.54) is 40.4 Å². The molecule has 2 aliphatic heterocycles. The number of hydrogen-bond acceptors (Lipinski definition) is 21. The predicted octanol–water partition coefficient (Wildman–Crippen LogP) is 2.43. The molecule has 0 bridgehead atoms. The van der Waals surface area contributed by atoms with Crippen LogP contribution in [0.5, 0.6) is 23.0 Å². The van der Waals surface area contributed by atoms with E-state index in [4.69, 9.17) is 65.7 Å². The van der Waals surface area contributed by atoms with Crippen LogP contribution >= 0.6 is 0 Å². The molecule has 2 saturated heterocycles. The number of hydrogen-bond donors (Lipinski definition) is 0. The Hall–Kier alpha value is -6.19. The van der Waals surface area contributed by atoms with Crippen molar-refractivity contribution in [1.82, 2.24) is 0 Å². The summed E-state index contributed by atoms with van der Waals surface area (Å²) in [4.78, 5) is 88.4. The first-order valence-corrected chi connectivity index (χ1v) is 18.4. The summed E-state index contributed by atoms with van der Waals surface area (Å²) in [5.41, 5.74) is -2.01. The average Bonchev–Trinajstić information content (AvgIpc) is 3.16. The van der Waals surface area contributed by atoms with Crippen LogP contribution in [-0.2, 0) is 61.9 Å². The van der Waals surface area contributed by atoms with Gasteiger partial charge in [-0.3, -0.25) is 24.0 Å². The molecule has 6 rings (SSSR count). The highest BCUT2D eigenvalue weighted by Crippen LogP contribution is 2.46. The van der Waals surface area contributed by atoms with Crippen molar-refractivity contribution >= 4 is 62.6 Å². The lowest BCUT2D eigenvalue weighted by molar-refractivity contribution is -0.333. The van der Waals surface area contributed by atoms with E-state index in [1.807, 2.05) is 0 Å². The van der Waals surface area contributed by atoms with Crippen LogP contribution in [0.25, 0.3) is 32.7 Å². The maximum atomic E-state index is 13.6. The highest BCUT2D eigenvalue weighted by Gasteiger charge is 2.54. The number of benzene rings is 2. The number of ether oxygens (including phenoxy) is 12. The summed E-state index contributed by atoms with van der Waals surface area (Å²) in [6.07, 6.45) is -12.6. The zero-order valence-electron chi connectivity index (χ0n) is 33.8. The molecule has 0 spiro atoms. The first-order chi connectivity index (χ1) is 28.4. The summed E-state index contributed by atoms with van der Waals surface area (Å²) in [5.74, 6) is -4.11. The Bertz CT molecular complexity index is 2410. The quantitative estimate of drug-likeness (QED) is 0.0810. The van der Waals surface area contributed by atoms with Gasteiger partial charge in [0.05, 0.1) is 38.2 Å². The maximum absolute atomic E-state index is 13.6. The topological polar surface area (TPSA) is 257 Å². The van der Waals surface area contributed by atoms with Crippen molar-refractivity contribution < 1.29 is 89.6 Å². The molecule has 4 aromatic rings. The van der Waals surface area contributed by atoms with Gasteiger partial charge in [-0.2, -0.15) is 0 Å². The third-order valence-corrected chi connectivity index (χ3v) is 9.55. The van der Waals surface area contributed by atoms with E-state index < -0.39 is 103 Å². The van der Waals surface area contributed by atoms with Gasteiger partial charge in [0.2, 0.25) is 17.8 Å². The van der Waals surface area contributed by atoms with Crippen molar-refractivity contribution in [3.8, 4) is 23.0 Å². The highest BCUT2D eigenvalue weighted by molar-refractivity contribution is 6.22. The molecule has 2 aliphatic rings. The van der Waals surface area contributed by atoms with Gasteiger partial charge in [-0.15, -0.1) is 0 Å². The fourth-order valence-corrected chi connectivity index (χ4v) is 7.34. The second-order valence-corrected chi connectivity index (χ2v) is 13.7. The monoisotopic (exact) mass is 846 g/mol. The molecule has 2 aromatic carbocycles. The maximum Gasteiger partial charge on any atom is 0.344 e. The first kappa shape index (κ1) is 43.4. The van der Waals surface area contributed by atoms with Gasteiger partial charge in [0.1, 0.15) is 18.8 Å². The number of esters is 5. The van der Waals surface area contributed by atoms with E-state index in [1.54, 1.807) is 0 Å². The molecule has 4 heterocycles. The predicted molar refractivity (Wildman–Crippen MR) is 199 cm³/mol. The molecule has 0 saturated carbocycles. The molecule has 0 aliphatic carbocycles. The summed E-state index contributed by atoms with van der Waals surface area (Å²) >= 11 is 0. The van der Waals surface area contributed by atoms with Crippen LogP contribution in [0.2, 0.25) is 0 Å². The molecule has 21 nitrogen and oxygen atoms in total. The lowest BCUT2D eigenvalue weighted by atomic mass is 9.97. The van der Waals surface area contributed by atoms with Gasteiger partial charge >= 0.3 is 41.1 Å². The van der Waals surface area contributed by atoms with Crippen molar-refractivity contribution in [2.75, 3.05) is 27.9 Å². The fraction of sp³-hybridized carbons (Fsp3) is 0.513. The minimum atomic E-state index is -1.59. The van der Waals surface area contributed by atoms with Gasteiger partial charge in [0.25, 0.3) is 0 Å². The zero-order chi connectivity index (χ0) is 43.7. The molecule has 9 unspecified atom stereocenters. The second-order valence-electron chi connectivity index (χ2n) is 13.7. The third-order valence-electron chi connectivity index (χ3n) is 9.55. The minimum Gasteiger partial charge on any atom is -0.493 e. The fourth-order valence-electron chi connectivity index (χ4n) is 7.34. The smallest absolute Gasteiger partial charge is 0.344 e. The number of carbonyl (C=O) groups excluding carboxylic acids is 5.